The number of nitrogens with one attached hydrogen (secondary N) is 1. The lowest BCUT2D eigenvalue weighted by molar-refractivity contribution is -0.126. The fourth-order valence-electron chi connectivity index (χ4n) is 3.34. The lowest BCUT2D eigenvalue weighted by Gasteiger charge is -2.31. The largest absolute Gasteiger partial charge is 0.383 e. The number of amides is 1. The van der Waals surface area contributed by atoms with Crippen LogP contribution in [-0.4, -0.2) is 60.9 Å². The van der Waals surface area contributed by atoms with Crippen molar-refractivity contribution in [3.8, 4) is 0 Å². The highest BCUT2D eigenvalue weighted by Crippen LogP contribution is 2.29. The van der Waals surface area contributed by atoms with Crippen molar-refractivity contribution in [1.29, 1.82) is 0 Å². The van der Waals surface area contributed by atoms with Crippen LogP contribution in [0.15, 0.2) is 40.0 Å². The quantitative estimate of drug-likeness (QED) is 0.707. The van der Waals surface area contributed by atoms with Gasteiger partial charge in [0, 0.05) is 45.7 Å². The second-order valence-corrected chi connectivity index (χ2v) is 9.36. The Morgan fingerprint density at radius 3 is 2.90 bits per heavy atom. The average Bonchev–Trinajstić information content (AvgIpc) is 3.12. The number of aromatic nitrogens is 2. The van der Waals surface area contributed by atoms with Crippen molar-refractivity contribution < 1.29 is 17.7 Å². The first-order chi connectivity index (χ1) is 14.3. The van der Waals surface area contributed by atoms with Crippen LogP contribution in [0.3, 0.4) is 0 Å². The Kier molecular flexibility index (Phi) is 6.88. The number of sulfonamides is 1. The predicted molar refractivity (Wildman–Crippen MR) is 112 cm³/mol. The maximum Gasteiger partial charge on any atom is 0.248 e. The minimum atomic E-state index is -3.85. The van der Waals surface area contributed by atoms with Gasteiger partial charge in [-0.05, 0) is 31.9 Å². The van der Waals surface area contributed by atoms with E-state index in [-0.39, 0.29) is 23.1 Å². The Balaban J connectivity index is 1.73. The molecular formula is C20H27N5O4S. The minimum Gasteiger partial charge on any atom is -0.383 e. The van der Waals surface area contributed by atoms with Gasteiger partial charge in [-0.1, -0.05) is 11.2 Å². The molecule has 0 radical (unpaired) electrons. The molecule has 1 fully saturated rings. The van der Waals surface area contributed by atoms with Crippen molar-refractivity contribution in [1.82, 2.24) is 24.7 Å². The van der Waals surface area contributed by atoms with Gasteiger partial charge in [-0.3, -0.25) is 9.78 Å². The molecule has 1 amide bonds. The van der Waals surface area contributed by atoms with E-state index < -0.39 is 15.9 Å². The highest BCUT2D eigenvalue weighted by Gasteiger charge is 2.36. The summed E-state index contributed by atoms with van der Waals surface area (Å²) in [6, 6.07) is 5.49. The molecule has 0 saturated carbocycles. The van der Waals surface area contributed by atoms with Gasteiger partial charge in [0.1, 0.15) is 5.69 Å². The van der Waals surface area contributed by atoms with Crippen LogP contribution < -0.4 is 5.32 Å². The molecule has 0 aromatic carbocycles. The average molecular weight is 434 g/mol. The summed E-state index contributed by atoms with van der Waals surface area (Å²) < 4.78 is 33.2. The van der Waals surface area contributed by atoms with Crippen LogP contribution in [0.2, 0.25) is 0 Å². The summed E-state index contributed by atoms with van der Waals surface area (Å²) in [6.07, 6.45) is 6.18. The fraction of sp³-hybridized carbons (Fsp3) is 0.450. The molecule has 1 saturated heterocycles. The molecule has 0 bridgehead atoms. The zero-order valence-electron chi connectivity index (χ0n) is 17.4. The first-order valence-corrected chi connectivity index (χ1v) is 11.2. The molecule has 1 N–H and O–H groups in total. The van der Waals surface area contributed by atoms with E-state index in [0.717, 1.165) is 5.69 Å². The third-order valence-electron chi connectivity index (χ3n) is 4.88. The molecule has 162 valence electrons. The SMILES string of the molecule is Cc1noc(/C=C/N(C)C)c1S(=O)(=O)N1CCCC(C(=O)NCc2ccccn2)C1. The van der Waals surface area contributed by atoms with Crippen molar-refractivity contribution in [3.05, 3.63) is 47.7 Å². The molecule has 1 aliphatic rings. The highest BCUT2D eigenvalue weighted by molar-refractivity contribution is 7.89. The van der Waals surface area contributed by atoms with Gasteiger partial charge in [-0.25, -0.2) is 8.42 Å². The number of hydrogen-bond donors (Lipinski definition) is 1. The third-order valence-corrected chi connectivity index (χ3v) is 6.90. The van der Waals surface area contributed by atoms with Crippen molar-refractivity contribution in [2.24, 2.45) is 5.92 Å². The van der Waals surface area contributed by atoms with Crippen molar-refractivity contribution in [3.63, 3.8) is 0 Å². The Bertz CT molecular complexity index is 1000. The molecule has 1 atom stereocenters. The Labute approximate surface area is 176 Å². The van der Waals surface area contributed by atoms with Crippen LogP contribution in [0.25, 0.3) is 6.08 Å². The third kappa shape index (κ3) is 5.06. The van der Waals surface area contributed by atoms with E-state index in [1.54, 1.807) is 30.3 Å². The molecule has 0 spiro atoms. The van der Waals surface area contributed by atoms with E-state index in [4.69, 9.17) is 4.52 Å². The summed E-state index contributed by atoms with van der Waals surface area (Å²) in [5.41, 5.74) is 1.05. The van der Waals surface area contributed by atoms with E-state index in [9.17, 15) is 13.2 Å². The van der Waals surface area contributed by atoms with Gasteiger partial charge in [0.2, 0.25) is 15.9 Å². The minimum absolute atomic E-state index is 0.0511. The molecule has 3 rings (SSSR count). The van der Waals surface area contributed by atoms with Crippen LogP contribution in [-0.2, 0) is 21.4 Å². The summed E-state index contributed by atoms with van der Waals surface area (Å²) in [6.45, 7) is 2.39. The molecule has 2 aromatic rings. The number of aryl methyl sites for hydroxylation is 1. The van der Waals surface area contributed by atoms with Gasteiger partial charge in [-0.2, -0.15) is 4.31 Å². The predicted octanol–water partition coefficient (Wildman–Crippen LogP) is 1.63. The Morgan fingerprint density at radius 2 is 2.20 bits per heavy atom. The second-order valence-electron chi connectivity index (χ2n) is 7.48. The zero-order chi connectivity index (χ0) is 21.7. The summed E-state index contributed by atoms with van der Waals surface area (Å²) in [5.74, 6) is -0.406. The lowest BCUT2D eigenvalue weighted by atomic mass is 9.99. The van der Waals surface area contributed by atoms with Crippen molar-refractivity contribution >= 4 is 22.0 Å². The molecule has 3 heterocycles. The Morgan fingerprint density at radius 1 is 1.40 bits per heavy atom. The van der Waals surface area contributed by atoms with Gasteiger partial charge < -0.3 is 14.7 Å². The van der Waals surface area contributed by atoms with Gasteiger partial charge >= 0.3 is 0 Å². The number of carbonyl (C=O) groups is 1. The fourth-order valence-corrected chi connectivity index (χ4v) is 5.12. The van der Waals surface area contributed by atoms with E-state index in [1.165, 1.54) is 4.31 Å². The van der Waals surface area contributed by atoms with Crippen LogP contribution in [0.4, 0.5) is 0 Å². The molecule has 0 aliphatic carbocycles. The smallest absolute Gasteiger partial charge is 0.248 e. The Hall–Kier alpha value is -2.72. The summed E-state index contributed by atoms with van der Waals surface area (Å²) in [5, 5.41) is 6.70. The topological polar surface area (TPSA) is 109 Å². The van der Waals surface area contributed by atoms with Crippen LogP contribution >= 0.6 is 0 Å². The maximum atomic E-state index is 13.3. The van der Waals surface area contributed by atoms with E-state index in [2.05, 4.69) is 15.5 Å². The number of nitrogens with zero attached hydrogens (tertiary/aromatic N) is 4. The van der Waals surface area contributed by atoms with E-state index in [0.29, 0.717) is 31.6 Å². The number of carbonyl (C=O) groups excluding carboxylic acids is 1. The van der Waals surface area contributed by atoms with Gasteiger partial charge in [0.05, 0.1) is 18.2 Å². The molecule has 9 nitrogen and oxygen atoms in total. The number of pyridine rings is 1. The van der Waals surface area contributed by atoms with Gasteiger partial charge in [0.25, 0.3) is 0 Å². The lowest BCUT2D eigenvalue weighted by Crippen LogP contribution is -2.45. The first kappa shape index (κ1) is 22.0. The molecule has 1 aliphatic heterocycles. The summed E-state index contributed by atoms with van der Waals surface area (Å²) in [7, 11) is -0.194. The van der Waals surface area contributed by atoms with Crippen molar-refractivity contribution in [2.45, 2.75) is 31.2 Å². The van der Waals surface area contributed by atoms with Crippen LogP contribution in [0.5, 0.6) is 0 Å². The number of hydrogen-bond acceptors (Lipinski definition) is 7. The normalized spacial score (nSPS) is 17.9. The summed E-state index contributed by atoms with van der Waals surface area (Å²) >= 11 is 0. The number of rotatable bonds is 7. The molecule has 30 heavy (non-hydrogen) atoms. The highest BCUT2D eigenvalue weighted by atomic mass is 32.2. The van der Waals surface area contributed by atoms with Crippen LogP contribution in [0, 0.1) is 12.8 Å². The molecular weight excluding hydrogens is 406 g/mol. The standard InChI is InChI=1S/C20H27N5O4S/c1-15-19(18(29-23-15)9-12-24(2)3)30(27,28)25-11-6-7-16(14-25)20(26)22-13-17-8-4-5-10-21-17/h4-5,8-10,12,16H,6-7,11,13-14H2,1-3H3,(H,22,26)/b12-9+. The monoisotopic (exact) mass is 433 g/mol. The molecule has 10 heteroatoms. The second kappa shape index (κ2) is 9.40. The van der Waals surface area contributed by atoms with E-state index in [1.807, 2.05) is 32.3 Å². The van der Waals surface area contributed by atoms with Crippen LogP contribution in [0.1, 0.15) is 30.0 Å². The van der Waals surface area contributed by atoms with Gasteiger partial charge in [0.15, 0.2) is 10.7 Å². The summed E-state index contributed by atoms with van der Waals surface area (Å²) in [4.78, 5) is 18.6. The zero-order valence-corrected chi connectivity index (χ0v) is 18.2. The maximum absolute atomic E-state index is 13.3. The van der Waals surface area contributed by atoms with E-state index >= 15 is 0 Å². The molecule has 2 aromatic heterocycles. The first-order valence-electron chi connectivity index (χ1n) is 9.77. The van der Waals surface area contributed by atoms with Gasteiger partial charge in [-0.15, -0.1) is 0 Å². The molecule has 1 unspecified atom stereocenters. The van der Waals surface area contributed by atoms with Crippen molar-refractivity contribution in [2.75, 3.05) is 27.2 Å². The number of piperidine rings is 1.